The molecule has 15 heavy (non-hydrogen) atoms. The van der Waals surface area contributed by atoms with Gasteiger partial charge in [-0.2, -0.15) is 0 Å². The quantitative estimate of drug-likeness (QED) is 0.783. The van der Waals surface area contributed by atoms with Crippen molar-refractivity contribution in [2.24, 2.45) is 5.73 Å². The Morgan fingerprint density at radius 1 is 1.27 bits per heavy atom. The van der Waals surface area contributed by atoms with E-state index >= 15 is 0 Å². The van der Waals surface area contributed by atoms with Gasteiger partial charge in [-0.1, -0.05) is 43.2 Å². The SMILES string of the molecule is CC(N)C1(c2ccccc2)C[CH]CCC1. The van der Waals surface area contributed by atoms with E-state index in [1.54, 1.807) is 0 Å². The molecular weight excluding hydrogens is 182 g/mol. The van der Waals surface area contributed by atoms with E-state index in [1.165, 1.54) is 24.8 Å². The maximum Gasteiger partial charge on any atom is 0.0108 e. The molecule has 0 aliphatic heterocycles. The van der Waals surface area contributed by atoms with Crippen molar-refractivity contribution in [3.05, 3.63) is 42.3 Å². The molecule has 0 amide bonds. The molecule has 1 aliphatic rings. The minimum Gasteiger partial charge on any atom is -0.327 e. The lowest BCUT2D eigenvalue weighted by atomic mass is 9.65. The summed E-state index contributed by atoms with van der Waals surface area (Å²) in [6.07, 6.45) is 7.29. The molecule has 2 unspecified atom stereocenters. The smallest absolute Gasteiger partial charge is 0.0108 e. The normalized spacial score (nSPS) is 22.3. The van der Waals surface area contributed by atoms with Crippen LogP contribution in [-0.2, 0) is 5.41 Å². The van der Waals surface area contributed by atoms with Crippen LogP contribution in [0.25, 0.3) is 0 Å². The minimum absolute atomic E-state index is 0.194. The molecule has 2 N–H and O–H groups in total. The zero-order chi connectivity index (χ0) is 10.7. The van der Waals surface area contributed by atoms with Crippen LogP contribution >= 0.6 is 0 Å². The van der Waals surface area contributed by atoms with E-state index < -0.39 is 0 Å². The fourth-order valence-corrected chi connectivity index (χ4v) is 2.73. The van der Waals surface area contributed by atoms with Crippen molar-refractivity contribution in [1.82, 2.24) is 0 Å². The molecule has 1 heteroatoms. The zero-order valence-corrected chi connectivity index (χ0v) is 9.45. The summed E-state index contributed by atoms with van der Waals surface area (Å²) in [5.41, 5.74) is 7.82. The molecule has 1 aromatic carbocycles. The van der Waals surface area contributed by atoms with Crippen molar-refractivity contribution in [2.75, 3.05) is 0 Å². The molecule has 1 aliphatic carbocycles. The number of hydrogen-bond donors (Lipinski definition) is 1. The van der Waals surface area contributed by atoms with Crippen LogP contribution < -0.4 is 5.73 Å². The average Bonchev–Trinajstić information content (AvgIpc) is 2.31. The molecule has 1 fully saturated rings. The van der Waals surface area contributed by atoms with Gasteiger partial charge in [0.05, 0.1) is 0 Å². The maximum atomic E-state index is 6.21. The Bertz CT molecular complexity index is 296. The van der Waals surface area contributed by atoms with Gasteiger partial charge in [0.25, 0.3) is 0 Å². The highest BCUT2D eigenvalue weighted by Crippen LogP contribution is 2.40. The van der Waals surface area contributed by atoms with Gasteiger partial charge in [-0.3, -0.25) is 0 Å². The zero-order valence-electron chi connectivity index (χ0n) is 9.45. The molecule has 0 saturated heterocycles. The van der Waals surface area contributed by atoms with Gasteiger partial charge in [0.2, 0.25) is 0 Å². The Morgan fingerprint density at radius 3 is 2.53 bits per heavy atom. The second kappa shape index (κ2) is 4.36. The lowest BCUT2D eigenvalue weighted by molar-refractivity contribution is 0.289. The van der Waals surface area contributed by atoms with E-state index in [2.05, 4.69) is 43.7 Å². The molecule has 2 atom stereocenters. The first-order chi connectivity index (χ1) is 7.26. The molecule has 1 nitrogen and oxygen atoms in total. The van der Waals surface area contributed by atoms with E-state index in [-0.39, 0.29) is 11.5 Å². The maximum absolute atomic E-state index is 6.21. The number of benzene rings is 1. The Hall–Kier alpha value is -0.820. The van der Waals surface area contributed by atoms with Crippen LogP contribution in [0.4, 0.5) is 0 Å². The van der Waals surface area contributed by atoms with Crippen LogP contribution in [0.15, 0.2) is 30.3 Å². The van der Waals surface area contributed by atoms with Crippen LogP contribution in [0.5, 0.6) is 0 Å². The summed E-state index contributed by atoms with van der Waals surface area (Å²) in [4.78, 5) is 0. The van der Waals surface area contributed by atoms with E-state index in [0.29, 0.717) is 0 Å². The van der Waals surface area contributed by atoms with Crippen molar-refractivity contribution >= 4 is 0 Å². The number of nitrogens with two attached hydrogens (primary N) is 1. The minimum atomic E-state index is 0.194. The van der Waals surface area contributed by atoms with Crippen molar-refractivity contribution in [3.63, 3.8) is 0 Å². The molecule has 1 radical (unpaired) electrons. The van der Waals surface area contributed by atoms with Crippen molar-refractivity contribution in [2.45, 2.75) is 44.1 Å². The molecule has 0 bridgehead atoms. The third kappa shape index (κ3) is 1.93. The summed E-state index contributed by atoms with van der Waals surface area (Å²) in [6.45, 7) is 2.14. The predicted octanol–water partition coefficient (Wildman–Crippen LogP) is 3.05. The van der Waals surface area contributed by atoms with Crippen LogP contribution in [0.1, 0.15) is 38.2 Å². The fraction of sp³-hybridized carbons (Fsp3) is 0.500. The highest BCUT2D eigenvalue weighted by molar-refractivity contribution is 5.29. The summed E-state index contributed by atoms with van der Waals surface area (Å²) >= 11 is 0. The Morgan fingerprint density at radius 2 is 2.00 bits per heavy atom. The van der Waals surface area contributed by atoms with E-state index in [0.717, 1.165) is 6.42 Å². The van der Waals surface area contributed by atoms with E-state index in [1.807, 2.05) is 0 Å². The topological polar surface area (TPSA) is 26.0 Å². The van der Waals surface area contributed by atoms with Gasteiger partial charge >= 0.3 is 0 Å². The predicted molar refractivity (Wildman–Crippen MR) is 64.5 cm³/mol. The second-order valence-corrected chi connectivity index (χ2v) is 4.70. The van der Waals surface area contributed by atoms with E-state index in [9.17, 15) is 0 Å². The summed E-state index contributed by atoms with van der Waals surface area (Å²) in [7, 11) is 0. The molecule has 0 spiro atoms. The molecule has 0 aromatic heterocycles. The molecule has 0 heterocycles. The Labute approximate surface area is 92.7 Å². The lowest BCUT2D eigenvalue weighted by Crippen LogP contribution is -2.45. The Balaban J connectivity index is 2.34. The highest BCUT2D eigenvalue weighted by Gasteiger charge is 2.36. The van der Waals surface area contributed by atoms with Gasteiger partial charge in [-0.25, -0.2) is 0 Å². The van der Waals surface area contributed by atoms with Crippen molar-refractivity contribution in [1.29, 1.82) is 0 Å². The van der Waals surface area contributed by atoms with E-state index in [4.69, 9.17) is 5.73 Å². The standard InChI is InChI=1S/C14H20N/c1-12(15)14(10-6-3-7-11-14)13-8-4-2-5-9-13/h2,4-6,8-9,12H,3,7,10-11,15H2,1H3. The molecule has 1 saturated carbocycles. The number of rotatable bonds is 2. The van der Waals surface area contributed by atoms with Gasteiger partial charge in [-0.15, -0.1) is 0 Å². The first-order valence-electron chi connectivity index (χ1n) is 5.88. The van der Waals surface area contributed by atoms with Crippen LogP contribution in [0.3, 0.4) is 0 Å². The first kappa shape index (κ1) is 10.7. The molecule has 81 valence electrons. The average molecular weight is 202 g/mol. The molecule has 1 aromatic rings. The van der Waals surface area contributed by atoms with Gasteiger partial charge in [0.15, 0.2) is 0 Å². The van der Waals surface area contributed by atoms with Crippen LogP contribution in [0, 0.1) is 6.42 Å². The summed E-state index contributed by atoms with van der Waals surface area (Å²) in [5, 5.41) is 0. The number of hydrogen-bond acceptors (Lipinski definition) is 1. The summed E-state index contributed by atoms with van der Waals surface area (Å²) in [5.74, 6) is 0. The second-order valence-electron chi connectivity index (χ2n) is 4.70. The van der Waals surface area contributed by atoms with Gasteiger partial charge in [0, 0.05) is 11.5 Å². The largest absolute Gasteiger partial charge is 0.327 e. The third-order valence-electron chi connectivity index (χ3n) is 3.76. The molecular formula is C14H20N. The summed E-state index contributed by atoms with van der Waals surface area (Å²) in [6, 6.07) is 11.0. The Kier molecular flexibility index (Phi) is 3.11. The first-order valence-corrected chi connectivity index (χ1v) is 5.88. The lowest BCUT2D eigenvalue weighted by Gasteiger charge is -2.41. The molecule has 2 rings (SSSR count). The monoisotopic (exact) mass is 202 g/mol. The highest BCUT2D eigenvalue weighted by atomic mass is 14.7. The van der Waals surface area contributed by atoms with Crippen LogP contribution in [-0.4, -0.2) is 6.04 Å². The van der Waals surface area contributed by atoms with Gasteiger partial charge in [-0.05, 0) is 31.7 Å². The van der Waals surface area contributed by atoms with Gasteiger partial charge < -0.3 is 5.73 Å². The van der Waals surface area contributed by atoms with Crippen LogP contribution in [0.2, 0.25) is 0 Å². The summed E-state index contributed by atoms with van der Waals surface area (Å²) < 4.78 is 0. The van der Waals surface area contributed by atoms with Crippen molar-refractivity contribution in [3.8, 4) is 0 Å². The fourth-order valence-electron chi connectivity index (χ4n) is 2.73. The van der Waals surface area contributed by atoms with Gasteiger partial charge in [0.1, 0.15) is 0 Å². The third-order valence-corrected chi connectivity index (χ3v) is 3.76. The van der Waals surface area contributed by atoms with Crippen molar-refractivity contribution < 1.29 is 0 Å².